The van der Waals surface area contributed by atoms with Crippen molar-refractivity contribution in [3.8, 4) is 0 Å². The smallest absolute Gasteiger partial charge is 0.263 e. The van der Waals surface area contributed by atoms with Crippen LogP contribution in [0.25, 0.3) is 10.9 Å². The van der Waals surface area contributed by atoms with Crippen LogP contribution < -0.4 is 10.6 Å². The van der Waals surface area contributed by atoms with E-state index in [2.05, 4.69) is 19.9 Å². The second-order valence-electron chi connectivity index (χ2n) is 6.64. The fourth-order valence-electron chi connectivity index (χ4n) is 3.75. The highest BCUT2D eigenvalue weighted by Gasteiger charge is 2.35. The van der Waals surface area contributed by atoms with Crippen LogP contribution in [0.2, 0.25) is 0 Å². The SMILES string of the molecule is CC(=O)Nc1ccc2c(C(=O)N[C@@H]3CN4CCC3CC4)snc2c1. The van der Waals surface area contributed by atoms with Crippen molar-refractivity contribution in [2.24, 2.45) is 5.92 Å². The van der Waals surface area contributed by atoms with Gasteiger partial charge in [0.2, 0.25) is 5.91 Å². The van der Waals surface area contributed by atoms with Crippen molar-refractivity contribution < 1.29 is 9.59 Å². The van der Waals surface area contributed by atoms with Crippen LogP contribution in [-0.4, -0.2) is 46.8 Å². The Bertz CT molecular complexity index is 795. The molecule has 1 atom stereocenters. The zero-order valence-electron chi connectivity index (χ0n) is 13.5. The maximum atomic E-state index is 12.7. The maximum absolute atomic E-state index is 12.7. The molecule has 5 rings (SSSR count). The monoisotopic (exact) mass is 344 g/mol. The van der Waals surface area contributed by atoms with Gasteiger partial charge in [-0.1, -0.05) is 0 Å². The molecule has 6 nitrogen and oxygen atoms in total. The number of carbonyl (C=O) groups excluding carboxylic acids is 2. The number of carbonyl (C=O) groups is 2. The van der Waals surface area contributed by atoms with Crippen molar-refractivity contribution >= 4 is 39.9 Å². The van der Waals surface area contributed by atoms with E-state index in [1.165, 1.54) is 31.3 Å². The molecule has 126 valence electrons. The lowest BCUT2D eigenvalue weighted by Gasteiger charge is -2.44. The van der Waals surface area contributed by atoms with Crippen molar-refractivity contribution in [1.82, 2.24) is 14.6 Å². The summed E-state index contributed by atoms with van der Waals surface area (Å²) in [5.41, 5.74) is 1.44. The molecular formula is C17H20N4O2S. The maximum Gasteiger partial charge on any atom is 0.263 e. The lowest BCUT2D eigenvalue weighted by Crippen LogP contribution is -2.57. The van der Waals surface area contributed by atoms with Gasteiger partial charge in [-0.25, -0.2) is 0 Å². The summed E-state index contributed by atoms with van der Waals surface area (Å²) >= 11 is 1.22. The molecular weight excluding hydrogens is 324 g/mol. The quantitative estimate of drug-likeness (QED) is 0.894. The number of aromatic nitrogens is 1. The van der Waals surface area contributed by atoms with Crippen LogP contribution in [0.1, 0.15) is 29.4 Å². The molecule has 0 aliphatic carbocycles. The van der Waals surface area contributed by atoms with Crippen LogP contribution in [0.3, 0.4) is 0 Å². The van der Waals surface area contributed by atoms with Gasteiger partial charge in [-0.05, 0) is 61.6 Å². The van der Waals surface area contributed by atoms with E-state index in [-0.39, 0.29) is 17.9 Å². The van der Waals surface area contributed by atoms with Crippen LogP contribution in [0, 0.1) is 5.92 Å². The van der Waals surface area contributed by atoms with Gasteiger partial charge in [0.05, 0.1) is 5.52 Å². The molecule has 3 fully saturated rings. The van der Waals surface area contributed by atoms with Gasteiger partial charge in [0.1, 0.15) is 4.88 Å². The Labute approximate surface area is 144 Å². The molecule has 1 aromatic carbocycles. The standard InChI is InChI=1S/C17H20N4O2S/c1-10(22)18-12-2-3-13-14(8-12)20-24-16(13)17(23)19-15-9-21-6-4-11(15)5-7-21/h2-3,8,11,15H,4-7,9H2,1H3,(H,18,22)(H,19,23)/t15-/m1/s1. The number of benzene rings is 1. The van der Waals surface area contributed by atoms with Crippen LogP contribution >= 0.6 is 11.5 Å². The molecule has 24 heavy (non-hydrogen) atoms. The number of anilines is 1. The number of fused-ring (bicyclic) bond motifs is 4. The van der Waals surface area contributed by atoms with Gasteiger partial charge in [-0.3, -0.25) is 9.59 Å². The van der Waals surface area contributed by atoms with Crippen LogP contribution in [-0.2, 0) is 4.79 Å². The fourth-order valence-corrected chi connectivity index (χ4v) is 4.50. The molecule has 1 aromatic heterocycles. The van der Waals surface area contributed by atoms with Crippen molar-refractivity contribution in [2.75, 3.05) is 25.0 Å². The van der Waals surface area contributed by atoms with Gasteiger partial charge in [-0.15, -0.1) is 0 Å². The van der Waals surface area contributed by atoms with Crippen LogP contribution in [0.4, 0.5) is 5.69 Å². The normalized spacial score (nSPS) is 25.6. The van der Waals surface area contributed by atoms with E-state index in [9.17, 15) is 9.59 Å². The average molecular weight is 344 g/mol. The summed E-state index contributed by atoms with van der Waals surface area (Å²) in [6.07, 6.45) is 2.35. The second kappa shape index (κ2) is 6.14. The van der Waals surface area contributed by atoms with E-state index >= 15 is 0 Å². The first-order valence-corrected chi connectivity index (χ1v) is 9.08. The summed E-state index contributed by atoms with van der Waals surface area (Å²) in [5, 5.41) is 6.79. The molecule has 4 heterocycles. The molecule has 0 unspecified atom stereocenters. The van der Waals surface area contributed by atoms with Gasteiger partial charge in [-0.2, -0.15) is 4.37 Å². The van der Waals surface area contributed by atoms with Crippen molar-refractivity contribution in [1.29, 1.82) is 0 Å². The van der Waals surface area contributed by atoms with Crippen molar-refractivity contribution in [3.05, 3.63) is 23.1 Å². The third-order valence-electron chi connectivity index (χ3n) is 4.98. The van der Waals surface area contributed by atoms with Gasteiger partial charge in [0.15, 0.2) is 0 Å². The highest BCUT2D eigenvalue weighted by atomic mass is 32.1. The first kappa shape index (κ1) is 15.5. The molecule has 3 saturated heterocycles. The zero-order chi connectivity index (χ0) is 16.7. The molecule has 3 aliphatic heterocycles. The lowest BCUT2D eigenvalue weighted by molar-refractivity contribution is -0.114. The van der Waals surface area contributed by atoms with Crippen molar-refractivity contribution in [2.45, 2.75) is 25.8 Å². The minimum Gasteiger partial charge on any atom is -0.347 e. The Morgan fingerprint density at radius 2 is 2.08 bits per heavy atom. The van der Waals surface area contributed by atoms with Crippen molar-refractivity contribution in [3.63, 3.8) is 0 Å². The molecule has 3 aliphatic rings. The molecule has 7 heteroatoms. The summed E-state index contributed by atoms with van der Waals surface area (Å²) in [7, 11) is 0. The predicted octanol–water partition coefficient (Wildman–Crippen LogP) is 2.08. The zero-order valence-corrected chi connectivity index (χ0v) is 14.4. The minimum absolute atomic E-state index is 0.0338. The third-order valence-corrected chi connectivity index (χ3v) is 5.85. The molecule has 2 bridgehead atoms. The van der Waals surface area contributed by atoms with E-state index < -0.39 is 0 Å². The van der Waals surface area contributed by atoms with Gasteiger partial charge in [0.25, 0.3) is 5.91 Å². The van der Waals surface area contributed by atoms with E-state index in [1.807, 2.05) is 12.1 Å². The first-order valence-electron chi connectivity index (χ1n) is 8.30. The average Bonchev–Trinajstić information content (AvgIpc) is 2.98. The number of nitrogens with zero attached hydrogens (tertiary/aromatic N) is 2. The number of hydrogen-bond acceptors (Lipinski definition) is 5. The fraction of sp³-hybridized carbons (Fsp3) is 0.471. The number of hydrogen-bond donors (Lipinski definition) is 2. The first-order chi connectivity index (χ1) is 11.6. The van der Waals surface area contributed by atoms with E-state index in [4.69, 9.17) is 0 Å². The molecule has 2 aromatic rings. The molecule has 2 amide bonds. The highest BCUT2D eigenvalue weighted by Crippen LogP contribution is 2.29. The van der Waals surface area contributed by atoms with E-state index in [0.717, 1.165) is 30.5 Å². The predicted molar refractivity (Wildman–Crippen MR) is 94.3 cm³/mol. The number of amides is 2. The van der Waals surface area contributed by atoms with E-state index in [1.54, 1.807) is 6.07 Å². The molecule has 0 spiro atoms. The summed E-state index contributed by atoms with van der Waals surface area (Å²) in [5.74, 6) is 0.447. The summed E-state index contributed by atoms with van der Waals surface area (Å²) in [6, 6.07) is 5.72. The van der Waals surface area contributed by atoms with Crippen LogP contribution in [0.15, 0.2) is 18.2 Å². The topological polar surface area (TPSA) is 74.3 Å². The number of piperidine rings is 3. The minimum atomic E-state index is -0.120. The summed E-state index contributed by atoms with van der Waals surface area (Å²) in [4.78, 5) is 26.9. The Kier molecular flexibility index (Phi) is 3.97. The summed E-state index contributed by atoms with van der Waals surface area (Å²) in [6.45, 7) is 4.75. The Balaban J connectivity index is 1.53. The van der Waals surface area contributed by atoms with Gasteiger partial charge >= 0.3 is 0 Å². The van der Waals surface area contributed by atoms with Crippen LogP contribution in [0.5, 0.6) is 0 Å². The Hall–Kier alpha value is -1.99. The Morgan fingerprint density at radius 1 is 1.29 bits per heavy atom. The van der Waals surface area contributed by atoms with Gasteiger partial charge in [0, 0.05) is 30.6 Å². The third kappa shape index (κ3) is 2.89. The summed E-state index contributed by atoms with van der Waals surface area (Å²) < 4.78 is 4.37. The number of nitrogens with one attached hydrogen (secondary N) is 2. The highest BCUT2D eigenvalue weighted by molar-refractivity contribution is 7.09. The molecule has 2 N–H and O–H groups in total. The second-order valence-corrected chi connectivity index (χ2v) is 7.42. The number of rotatable bonds is 3. The molecule has 0 saturated carbocycles. The van der Waals surface area contributed by atoms with E-state index in [0.29, 0.717) is 16.5 Å². The Morgan fingerprint density at radius 3 is 2.75 bits per heavy atom. The largest absolute Gasteiger partial charge is 0.347 e. The molecule has 0 radical (unpaired) electrons. The lowest BCUT2D eigenvalue weighted by atomic mass is 9.84. The van der Waals surface area contributed by atoms with Gasteiger partial charge < -0.3 is 15.5 Å².